The summed E-state index contributed by atoms with van der Waals surface area (Å²) < 4.78 is 22.0. The van der Waals surface area contributed by atoms with Crippen LogP contribution in [0.2, 0.25) is 0 Å². The van der Waals surface area contributed by atoms with Gasteiger partial charge in [0.25, 0.3) is 0 Å². The quantitative estimate of drug-likeness (QED) is 0.263. The number of furan rings is 1. The lowest BCUT2D eigenvalue weighted by Gasteiger charge is -2.07. The van der Waals surface area contributed by atoms with Gasteiger partial charge in [-0.25, -0.2) is 9.59 Å². The molecule has 2 aromatic carbocycles. The maximum Gasteiger partial charge on any atom is 0.375 e. The van der Waals surface area contributed by atoms with Gasteiger partial charge < -0.3 is 23.6 Å². The van der Waals surface area contributed by atoms with Crippen molar-refractivity contribution in [3.05, 3.63) is 88.4 Å². The number of carbonyl (C=O) groups excluding carboxylic acids is 3. The first-order valence-electron chi connectivity index (χ1n) is 11.2. The van der Waals surface area contributed by atoms with Crippen molar-refractivity contribution in [2.45, 2.75) is 27.4 Å². The summed E-state index contributed by atoms with van der Waals surface area (Å²) in [5.41, 5.74) is 2.48. The first kappa shape index (κ1) is 23.8. The topological polar surface area (TPSA) is 108 Å². The van der Waals surface area contributed by atoms with Gasteiger partial charge in [-0.2, -0.15) is 0 Å². The number of esters is 2. The van der Waals surface area contributed by atoms with Crippen LogP contribution in [0.1, 0.15) is 55.1 Å². The van der Waals surface area contributed by atoms with E-state index in [0.717, 1.165) is 5.39 Å². The van der Waals surface area contributed by atoms with Gasteiger partial charge in [-0.15, -0.1) is 0 Å². The number of aromatic amines is 1. The molecule has 2 aromatic heterocycles. The van der Waals surface area contributed by atoms with Gasteiger partial charge in [0.05, 0.1) is 23.4 Å². The number of nitrogens with one attached hydrogen (secondary N) is 1. The molecule has 0 unspecified atom stereocenters. The molecule has 8 nitrogen and oxygen atoms in total. The van der Waals surface area contributed by atoms with Gasteiger partial charge in [0.2, 0.25) is 11.5 Å². The largest absolute Gasteiger partial charge is 0.489 e. The summed E-state index contributed by atoms with van der Waals surface area (Å²) in [4.78, 5) is 40.8. The zero-order valence-corrected chi connectivity index (χ0v) is 19.7. The molecular formula is C27H25NO7. The van der Waals surface area contributed by atoms with Crippen LogP contribution >= 0.6 is 0 Å². The van der Waals surface area contributed by atoms with E-state index < -0.39 is 24.3 Å². The molecule has 35 heavy (non-hydrogen) atoms. The van der Waals surface area contributed by atoms with Crippen molar-refractivity contribution in [2.75, 3.05) is 13.2 Å². The molecule has 0 saturated heterocycles. The van der Waals surface area contributed by atoms with E-state index in [1.165, 1.54) is 0 Å². The molecule has 8 heteroatoms. The minimum Gasteiger partial charge on any atom is -0.489 e. The highest BCUT2D eigenvalue weighted by atomic mass is 16.5. The third-order valence-electron chi connectivity index (χ3n) is 5.54. The third kappa shape index (κ3) is 4.96. The number of carbonyl (C=O) groups is 3. The Morgan fingerprint density at radius 3 is 2.37 bits per heavy atom. The summed E-state index contributed by atoms with van der Waals surface area (Å²) in [5, 5.41) is 0.719. The van der Waals surface area contributed by atoms with E-state index in [9.17, 15) is 14.4 Å². The first-order valence-corrected chi connectivity index (χ1v) is 11.2. The van der Waals surface area contributed by atoms with Crippen LogP contribution in [0.4, 0.5) is 0 Å². The van der Waals surface area contributed by atoms with Gasteiger partial charge in [0.1, 0.15) is 17.9 Å². The Morgan fingerprint density at radius 1 is 0.914 bits per heavy atom. The molecule has 2 heterocycles. The van der Waals surface area contributed by atoms with Crippen LogP contribution in [0.15, 0.2) is 59.0 Å². The van der Waals surface area contributed by atoms with Crippen LogP contribution in [0.5, 0.6) is 5.75 Å². The molecule has 0 saturated carbocycles. The normalized spacial score (nSPS) is 10.8. The minimum absolute atomic E-state index is 0.0264. The second kappa shape index (κ2) is 10.3. The van der Waals surface area contributed by atoms with Gasteiger partial charge in [-0.1, -0.05) is 36.4 Å². The number of hydrogen-bond donors (Lipinski definition) is 1. The first-order chi connectivity index (χ1) is 16.9. The Hall–Kier alpha value is -4.33. The van der Waals surface area contributed by atoms with Crippen LogP contribution in [0, 0.1) is 13.8 Å². The molecular weight excluding hydrogens is 450 g/mol. The third-order valence-corrected chi connectivity index (χ3v) is 5.54. The fraction of sp³-hybridized carbons (Fsp3) is 0.222. The number of benzene rings is 2. The van der Waals surface area contributed by atoms with Crippen LogP contribution in [-0.2, 0) is 16.1 Å². The van der Waals surface area contributed by atoms with Crippen molar-refractivity contribution < 1.29 is 33.0 Å². The molecule has 4 rings (SSSR count). The van der Waals surface area contributed by atoms with Crippen molar-refractivity contribution >= 4 is 28.7 Å². The Morgan fingerprint density at radius 2 is 1.63 bits per heavy atom. The van der Waals surface area contributed by atoms with Crippen LogP contribution in [0.25, 0.3) is 11.0 Å². The Labute approximate surface area is 201 Å². The van der Waals surface area contributed by atoms with E-state index >= 15 is 0 Å². The van der Waals surface area contributed by atoms with E-state index in [2.05, 4.69) is 4.98 Å². The average Bonchev–Trinajstić information content (AvgIpc) is 3.38. The number of ether oxygens (including phenoxy) is 3. The lowest BCUT2D eigenvalue weighted by molar-refractivity contribution is 0.0441. The van der Waals surface area contributed by atoms with Gasteiger partial charge in [0, 0.05) is 11.1 Å². The van der Waals surface area contributed by atoms with E-state index in [1.54, 1.807) is 32.9 Å². The number of rotatable bonds is 9. The van der Waals surface area contributed by atoms with Crippen LogP contribution in [0.3, 0.4) is 0 Å². The van der Waals surface area contributed by atoms with Crippen LogP contribution < -0.4 is 4.74 Å². The van der Waals surface area contributed by atoms with E-state index in [-0.39, 0.29) is 24.7 Å². The summed E-state index contributed by atoms with van der Waals surface area (Å²) in [6.45, 7) is 4.79. The van der Waals surface area contributed by atoms with Crippen molar-refractivity contribution in [3.63, 3.8) is 0 Å². The number of aryl methyl sites for hydroxylation is 1. The summed E-state index contributed by atoms with van der Waals surface area (Å²) in [5.74, 6) is -1.16. The van der Waals surface area contributed by atoms with E-state index in [4.69, 9.17) is 18.6 Å². The molecule has 0 fully saturated rings. The maximum atomic E-state index is 12.9. The molecule has 4 aromatic rings. The van der Waals surface area contributed by atoms with Crippen molar-refractivity contribution in [1.29, 1.82) is 0 Å². The van der Waals surface area contributed by atoms with Crippen molar-refractivity contribution in [3.8, 4) is 5.75 Å². The SMILES string of the molecule is CCOC(=O)c1c(C)[nH]c(C(=O)COC(=O)c2oc3ccccc3c2COc2ccccc2)c1C. The zero-order chi connectivity index (χ0) is 24.9. The number of Topliss-reactive ketones (excluding diaryl/α,β-unsaturated/α-hetero) is 1. The zero-order valence-electron chi connectivity index (χ0n) is 19.7. The Bertz CT molecular complexity index is 1380. The molecule has 0 aliphatic rings. The summed E-state index contributed by atoms with van der Waals surface area (Å²) in [6.07, 6.45) is 0. The fourth-order valence-electron chi connectivity index (χ4n) is 3.89. The molecule has 0 aliphatic heterocycles. The molecule has 0 atom stereocenters. The van der Waals surface area contributed by atoms with Crippen molar-refractivity contribution in [2.24, 2.45) is 0 Å². The highest BCUT2D eigenvalue weighted by Crippen LogP contribution is 2.28. The Balaban J connectivity index is 1.52. The van der Waals surface area contributed by atoms with E-state index in [1.807, 2.05) is 42.5 Å². The molecule has 0 bridgehead atoms. The summed E-state index contributed by atoms with van der Waals surface area (Å²) in [6, 6.07) is 16.4. The number of aromatic nitrogens is 1. The monoisotopic (exact) mass is 475 g/mol. The standard InChI is InChI=1S/C27H25NO7/c1-4-32-26(30)23-16(2)24(28-17(23)3)21(29)15-34-27(31)25-20(14-33-18-10-6-5-7-11-18)19-12-8-9-13-22(19)35-25/h5-13,28H,4,14-15H2,1-3H3. The highest BCUT2D eigenvalue weighted by molar-refractivity contribution is 6.03. The smallest absolute Gasteiger partial charge is 0.375 e. The molecule has 0 spiro atoms. The molecule has 0 aliphatic carbocycles. The number of para-hydroxylation sites is 2. The van der Waals surface area contributed by atoms with E-state index in [0.29, 0.717) is 33.7 Å². The summed E-state index contributed by atoms with van der Waals surface area (Å²) in [7, 11) is 0. The van der Waals surface area contributed by atoms with Gasteiger partial charge in [-0.3, -0.25) is 4.79 Å². The minimum atomic E-state index is -0.784. The second-order valence-electron chi connectivity index (χ2n) is 7.85. The highest BCUT2D eigenvalue weighted by Gasteiger charge is 2.26. The fourth-order valence-corrected chi connectivity index (χ4v) is 3.89. The molecule has 180 valence electrons. The van der Waals surface area contributed by atoms with Gasteiger partial charge in [0.15, 0.2) is 6.61 Å². The summed E-state index contributed by atoms with van der Waals surface area (Å²) >= 11 is 0. The van der Waals surface area contributed by atoms with Crippen LogP contribution in [-0.4, -0.2) is 35.9 Å². The molecule has 0 amide bonds. The molecule has 1 N–H and O–H groups in total. The lowest BCUT2D eigenvalue weighted by atomic mass is 10.1. The van der Waals surface area contributed by atoms with Gasteiger partial charge in [-0.05, 0) is 44.5 Å². The number of hydrogen-bond acceptors (Lipinski definition) is 7. The number of fused-ring (bicyclic) bond motifs is 1. The second-order valence-corrected chi connectivity index (χ2v) is 7.85. The lowest BCUT2D eigenvalue weighted by Crippen LogP contribution is -2.16. The molecule has 0 radical (unpaired) electrons. The van der Waals surface area contributed by atoms with Gasteiger partial charge >= 0.3 is 11.9 Å². The van der Waals surface area contributed by atoms with Crippen molar-refractivity contribution in [1.82, 2.24) is 4.98 Å². The number of ketones is 1. The number of H-pyrrole nitrogens is 1. The average molecular weight is 475 g/mol. The predicted molar refractivity (Wildman–Crippen MR) is 128 cm³/mol. The maximum absolute atomic E-state index is 12.9. The predicted octanol–water partition coefficient (Wildman–Crippen LogP) is 5.17. The Kier molecular flexibility index (Phi) is 7.01.